The maximum Gasteiger partial charge on any atom is 0.336 e. The van der Waals surface area contributed by atoms with Crippen LogP contribution in [0.5, 0.6) is 11.5 Å². The summed E-state index contributed by atoms with van der Waals surface area (Å²) in [5.41, 5.74) is -1.82. The van der Waals surface area contributed by atoms with E-state index in [-0.39, 0.29) is 16.7 Å². The number of fused-ring (bicyclic) bond motifs is 1. The minimum absolute atomic E-state index is 0.208. The van der Waals surface area contributed by atoms with E-state index in [0.717, 1.165) is 29.3 Å². The average molecular weight is 625 g/mol. The van der Waals surface area contributed by atoms with Crippen LogP contribution in [0.15, 0.2) is 72.8 Å². The van der Waals surface area contributed by atoms with E-state index in [1.54, 1.807) is 25.1 Å². The summed E-state index contributed by atoms with van der Waals surface area (Å²) in [5, 5.41) is 28.1. The first-order chi connectivity index (χ1) is 21.7. The van der Waals surface area contributed by atoms with Crippen molar-refractivity contribution in [2.24, 2.45) is 5.41 Å². The molecule has 0 atom stereocenters. The van der Waals surface area contributed by atoms with Gasteiger partial charge in [0.05, 0.1) is 22.4 Å². The first-order valence-corrected chi connectivity index (χ1v) is 15.3. The number of ketones is 1. The Morgan fingerprint density at radius 2 is 1.30 bits per heavy atom. The number of hydrogen-bond acceptors (Lipinski definition) is 6. The van der Waals surface area contributed by atoms with Crippen molar-refractivity contribution < 1.29 is 34.1 Å². The standard InChI is InChI=1S/C37H40N2O7/c1-7-36(4,5)39-30-19-24(15-17-31(30)46-25-16-14-22-12-10-11-13-23(22)18-25)38-33(41)27-20-26(32(40)37(6,8-2)9-3)28(34(42)43)21-29(27)35(44)45/h10-21,39H,7-9H2,1-6H3,(H,38,41)(H,42,43)(H,44,45). The molecule has 0 radical (unpaired) electrons. The number of carboxylic acids is 2. The van der Waals surface area contributed by atoms with Gasteiger partial charge in [0.15, 0.2) is 11.5 Å². The number of nitrogens with one attached hydrogen (secondary N) is 2. The third kappa shape index (κ3) is 7.20. The summed E-state index contributed by atoms with van der Waals surface area (Å²) in [6, 6.07) is 20.7. The Balaban J connectivity index is 1.75. The van der Waals surface area contributed by atoms with Gasteiger partial charge in [0, 0.05) is 22.2 Å². The molecule has 0 fully saturated rings. The Kier molecular flexibility index (Phi) is 9.85. The molecule has 0 aliphatic heterocycles. The Labute approximate surface area is 268 Å². The van der Waals surface area contributed by atoms with E-state index in [9.17, 15) is 29.4 Å². The zero-order valence-electron chi connectivity index (χ0n) is 27.0. The molecule has 0 unspecified atom stereocenters. The fourth-order valence-corrected chi connectivity index (χ4v) is 5.03. The number of anilines is 2. The number of carbonyl (C=O) groups is 4. The monoisotopic (exact) mass is 624 g/mol. The van der Waals surface area contributed by atoms with Crippen molar-refractivity contribution in [3.63, 3.8) is 0 Å². The van der Waals surface area contributed by atoms with Crippen molar-refractivity contribution in [1.29, 1.82) is 0 Å². The molecule has 46 heavy (non-hydrogen) atoms. The van der Waals surface area contributed by atoms with E-state index >= 15 is 0 Å². The molecule has 9 heteroatoms. The minimum atomic E-state index is -1.49. The largest absolute Gasteiger partial charge is 0.478 e. The van der Waals surface area contributed by atoms with E-state index in [4.69, 9.17) is 4.74 Å². The van der Waals surface area contributed by atoms with Crippen molar-refractivity contribution in [2.75, 3.05) is 10.6 Å². The summed E-state index contributed by atoms with van der Waals surface area (Å²) in [6.45, 7) is 11.5. The highest BCUT2D eigenvalue weighted by molar-refractivity contribution is 6.16. The molecule has 9 nitrogen and oxygen atoms in total. The van der Waals surface area contributed by atoms with Crippen LogP contribution in [0, 0.1) is 5.41 Å². The Bertz CT molecular complexity index is 1820. The molecule has 240 valence electrons. The lowest BCUT2D eigenvalue weighted by Gasteiger charge is -2.27. The van der Waals surface area contributed by atoms with E-state index in [2.05, 4.69) is 10.6 Å². The van der Waals surface area contributed by atoms with Gasteiger partial charge in [-0.2, -0.15) is 0 Å². The molecule has 0 bridgehead atoms. The summed E-state index contributed by atoms with van der Waals surface area (Å²) in [5.74, 6) is -3.08. The molecule has 0 saturated carbocycles. The van der Waals surface area contributed by atoms with Gasteiger partial charge in [-0.3, -0.25) is 9.59 Å². The molecule has 4 N–H and O–H groups in total. The van der Waals surface area contributed by atoms with E-state index in [0.29, 0.717) is 35.7 Å². The van der Waals surface area contributed by atoms with Crippen molar-refractivity contribution in [2.45, 2.75) is 66.3 Å². The molecule has 0 spiro atoms. The van der Waals surface area contributed by atoms with E-state index in [1.165, 1.54) is 0 Å². The highest BCUT2D eigenvalue weighted by atomic mass is 16.5. The smallest absolute Gasteiger partial charge is 0.336 e. The van der Waals surface area contributed by atoms with Crippen LogP contribution in [0.3, 0.4) is 0 Å². The molecule has 4 rings (SSSR count). The third-order valence-electron chi connectivity index (χ3n) is 8.76. The van der Waals surface area contributed by atoms with Gasteiger partial charge in [-0.15, -0.1) is 0 Å². The van der Waals surface area contributed by atoms with E-state index in [1.807, 2.05) is 77.1 Å². The predicted octanol–water partition coefficient (Wildman–Crippen LogP) is 8.89. The highest BCUT2D eigenvalue weighted by Crippen LogP contribution is 2.36. The summed E-state index contributed by atoms with van der Waals surface area (Å²) in [6.07, 6.45) is 1.64. The van der Waals surface area contributed by atoms with Gasteiger partial charge in [0.1, 0.15) is 5.75 Å². The highest BCUT2D eigenvalue weighted by Gasteiger charge is 2.35. The number of rotatable bonds is 13. The van der Waals surface area contributed by atoms with Crippen LogP contribution in [0.25, 0.3) is 10.8 Å². The van der Waals surface area contributed by atoms with Crippen LogP contribution in [-0.2, 0) is 0 Å². The summed E-state index contributed by atoms with van der Waals surface area (Å²) in [4.78, 5) is 51.5. The lowest BCUT2D eigenvalue weighted by Crippen LogP contribution is -2.30. The maximum atomic E-state index is 13.7. The first-order valence-electron chi connectivity index (χ1n) is 15.3. The average Bonchev–Trinajstić information content (AvgIpc) is 3.04. The second-order valence-electron chi connectivity index (χ2n) is 12.3. The van der Waals surface area contributed by atoms with Gasteiger partial charge in [-0.1, -0.05) is 58.0 Å². The lowest BCUT2D eigenvalue weighted by atomic mass is 9.76. The quantitative estimate of drug-likeness (QED) is 0.108. The molecule has 0 aliphatic carbocycles. The maximum absolute atomic E-state index is 13.7. The Morgan fingerprint density at radius 3 is 1.91 bits per heavy atom. The number of benzene rings is 4. The zero-order valence-corrected chi connectivity index (χ0v) is 27.0. The molecule has 4 aromatic carbocycles. The van der Waals surface area contributed by atoms with Crippen molar-refractivity contribution >= 4 is 45.8 Å². The predicted molar refractivity (Wildman–Crippen MR) is 180 cm³/mol. The molecule has 1 amide bonds. The van der Waals surface area contributed by atoms with Gasteiger partial charge >= 0.3 is 11.9 Å². The fourth-order valence-electron chi connectivity index (χ4n) is 5.03. The van der Waals surface area contributed by atoms with Crippen molar-refractivity contribution in [1.82, 2.24) is 0 Å². The minimum Gasteiger partial charge on any atom is -0.478 e. The second-order valence-corrected chi connectivity index (χ2v) is 12.3. The molecule has 4 aromatic rings. The molecule has 0 saturated heterocycles. The van der Waals surface area contributed by atoms with Crippen LogP contribution in [-0.4, -0.2) is 39.4 Å². The Hall–Kier alpha value is -5.18. The molecule has 0 heterocycles. The van der Waals surface area contributed by atoms with Gasteiger partial charge in [0.2, 0.25) is 0 Å². The molecular weight excluding hydrogens is 584 g/mol. The third-order valence-corrected chi connectivity index (χ3v) is 8.76. The molecule has 0 aliphatic rings. The second kappa shape index (κ2) is 13.4. The van der Waals surface area contributed by atoms with Gasteiger partial charge < -0.3 is 25.6 Å². The van der Waals surface area contributed by atoms with Crippen LogP contribution in [0.2, 0.25) is 0 Å². The lowest BCUT2D eigenvalue weighted by molar-refractivity contribution is 0.0681. The first kappa shape index (κ1) is 33.7. The van der Waals surface area contributed by atoms with Crippen LogP contribution < -0.4 is 15.4 Å². The SMILES string of the molecule is CCC(C)(C)Nc1cc(NC(=O)c2cc(C(=O)C(C)(CC)CC)c(C(=O)O)cc2C(=O)O)ccc1Oc1ccc2ccccc2c1. The van der Waals surface area contributed by atoms with Crippen LogP contribution >= 0.6 is 0 Å². The number of amides is 1. The summed E-state index contributed by atoms with van der Waals surface area (Å²) < 4.78 is 6.29. The number of hydrogen-bond donors (Lipinski definition) is 4. The number of ether oxygens (including phenoxy) is 1. The van der Waals surface area contributed by atoms with Crippen LogP contribution in [0.4, 0.5) is 11.4 Å². The fraction of sp³-hybridized carbons (Fsp3) is 0.297. The normalized spacial score (nSPS) is 11.6. The van der Waals surface area contributed by atoms with E-state index < -0.39 is 40.2 Å². The summed E-state index contributed by atoms with van der Waals surface area (Å²) >= 11 is 0. The van der Waals surface area contributed by atoms with Crippen LogP contribution in [0.1, 0.15) is 102 Å². The molecular formula is C37H40N2O7. The zero-order chi connectivity index (χ0) is 33.8. The number of Topliss-reactive ketones (excluding diaryl/α,β-unsaturated/α-hetero) is 1. The van der Waals surface area contributed by atoms with Gasteiger partial charge in [-0.25, -0.2) is 9.59 Å². The van der Waals surface area contributed by atoms with Crippen molar-refractivity contribution in [3.8, 4) is 11.5 Å². The van der Waals surface area contributed by atoms with Crippen molar-refractivity contribution in [3.05, 3.63) is 95.1 Å². The number of aromatic carboxylic acids is 2. The topological polar surface area (TPSA) is 142 Å². The van der Waals surface area contributed by atoms with Gasteiger partial charge in [0.25, 0.3) is 5.91 Å². The molecule has 0 aromatic heterocycles. The van der Waals surface area contributed by atoms with Gasteiger partial charge in [-0.05, 0) is 86.3 Å². The Morgan fingerprint density at radius 1 is 0.696 bits per heavy atom. The number of carbonyl (C=O) groups excluding carboxylic acids is 2. The number of carboxylic acid groups (broad SMARTS) is 2. The summed E-state index contributed by atoms with van der Waals surface area (Å²) in [7, 11) is 0.